The molecule has 4 N–H and O–H groups in total. The molecular formula is C9H14ClN3O2. The molecule has 0 aliphatic carbocycles. The second kappa shape index (κ2) is 6.44. The minimum atomic E-state index is 0.0286. The van der Waals surface area contributed by atoms with Crippen LogP contribution in [-0.2, 0) is 4.74 Å². The Hall–Kier alpha value is -1.04. The Kier molecular flexibility index (Phi) is 5.17. The van der Waals surface area contributed by atoms with Crippen LogP contribution < -0.4 is 11.1 Å². The molecule has 84 valence electrons. The van der Waals surface area contributed by atoms with Gasteiger partial charge in [-0.2, -0.15) is 0 Å². The zero-order valence-corrected chi connectivity index (χ0v) is 9.00. The Morgan fingerprint density at radius 1 is 1.53 bits per heavy atom. The lowest BCUT2D eigenvalue weighted by molar-refractivity contribution is 0.0992. The molecule has 0 fully saturated rings. The lowest BCUT2D eigenvalue weighted by Crippen LogP contribution is -2.12. The van der Waals surface area contributed by atoms with Gasteiger partial charge in [-0.15, -0.1) is 0 Å². The van der Waals surface area contributed by atoms with E-state index in [9.17, 15) is 0 Å². The number of nitrogens with zero attached hydrogens (tertiary/aromatic N) is 1. The molecule has 1 heterocycles. The highest BCUT2D eigenvalue weighted by Crippen LogP contribution is 2.20. The first-order valence-electron chi connectivity index (χ1n) is 4.57. The van der Waals surface area contributed by atoms with Crippen LogP contribution in [0.3, 0.4) is 0 Å². The summed E-state index contributed by atoms with van der Waals surface area (Å²) in [6, 6.07) is 1.63. The predicted molar refractivity (Wildman–Crippen MR) is 60.1 cm³/mol. The number of aliphatic hydroxyl groups excluding tert-OH is 1. The fourth-order valence-electron chi connectivity index (χ4n) is 0.991. The third-order valence-corrected chi connectivity index (χ3v) is 1.92. The number of halogens is 1. The van der Waals surface area contributed by atoms with Gasteiger partial charge in [0, 0.05) is 6.54 Å². The van der Waals surface area contributed by atoms with Gasteiger partial charge in [-0.3, -0.25) is 0 Å². The van der Waals surface area contributed by atoms with Crippen LogP contribution in [0.2, 0.25) is 5.02 Å². The molecule has 0 atom stereocenters. The summed E-state index contributed by atoms with van der Waals surface area (Å²) in [5, 5.41) is 11.9. The Balaban J connectivity index is 2.31. The van der Waals surface area contributed by atoms with E-state index in [1.54, 1.807) is 6.07 Å². The lowest BCUT2D eigenvalue weighted by Gasteiger charge is -2.07. The molecule has 5 nitrogen and oxygen atoms in total. The Morgan fingerprint density at radius 3 is 3.00 bits per heavy atom. The quantitative estimate of drug-likeness (QED) is 0.630. The standard InChI is InChI=1S/C9H14ClN3O2/c10-8-5-7(11)6-13-9(8)12-1-3-15-4-2-14/h5-6,14H,1-4,11H2,(H,12,13). The van der Waals surface area contributed by atoms with Crippen LogP contribution in [0, 0.1) is 0 Å². The average Bonchev–Trinajstić information content (AvgIpc) is 2.20. The van der Waals surface area contributed by atoms with Crippen LogP contribution in [0.15, 0.2) is 12.3 Å². The van der Waals surface area contributed by atoms with Gasteiger partial charge < -0.3 is 20.9 Å². The number of nitrogens with two attached hydrogens (primary N) is 1. The second-order valence-corrected chi connectivity index (χ2v) is 3.27. The van der Waals surface area contributed by atoms with Gasteiger partial charge in [0.15, 0.2) is 0 Å². The molecule has 6 heteroatoms. The molecule has 0 unspecified atom stereocenters. The minimum Gasteiger partial charge on any atom is -0.397 e. The van der Waals surface area contributed by atoms with Crippen molar-refractivity contribution in [3.8, 4) is 0 Å². The zero-order valence-electron chi connectivity index (χ0n) is 8.24. The van der Waals surface area contributed by atoms with E-state index in [-0.39, 0.29) is 6.61 Å². The summed E-state index contributed by atoms with van der Waals surface area (Å²) >= 11 is 5.88. The molecule has 1 aromatic heterocycles. The van der Waals surface area contributed by atoms with E-state index in [0.29, 0.717) is 36.3 Å². The number of ether oxygens (including phenoxy) is 1. The van der Waals surface area contributed by atoms with E-state index < -0.39 is 0 Å². The van der Waals surface area contributed by atoms with E-state index >= 15 is 0 Å². The molecule has 0 amide bonds. The maximum atomic E-state index is 8.46. The summed E-state index contributed by atoms with van der Waals surface area (Å²) in [7, 11) is 0. The summed E-state index contributed by atoms with van der Waals surface area (Å²) in [5.74, 6) is 0.582. The Morgan fingerprint density at radius 2 is 2.33 bits per heavy atom. The number of hydrogen-bond donors (Lipinski definition) is 3. The highest BCUT2D eigenvalue weighted by atomic mass is 35.5. The smallest absolute Gasteiger partial charge is 0.144 e. The van der Waals surface area contributed by atoms with Gasteiger partial charge in [-0.05, 0) is 6.07 Å². The normalized spacial score (nSPS) is 10.3. The molecule has 0 radical (unpaired) electrons. The zero-order chi connectivity index (χ0) is 11.1. The van der Waals surface area contributed by atoms with Gasteiger partial charge in [0.2, 0.25) is 0 Å². The summed E-state index contributed by atoms with van der Waals surface area (Å²) in [6.45, 7) is 1.44. The third-order valence-electron chi connectivity index (χ3n) is 1.64. The molecule has 0 spiro atoms. The highest BCUT2D eigenvalue weighted by Gasteiger charge is 2.00. The molecule has 0 aliphatic heterocycles. The summed E-state index contributed by atoms with van der Waals surface area (Å²) in [5.41, 5.74) is 6.02. The molecule has 0 aliphatic rings. The minimum absolute atomic E-state index is 0.0286. The van der Waals surface area contributed by atoms with Gasteiger partial charge in [0.05, 0.1) is 36.7 Å². The van der Waals surface area contributed by atoms with Crippen molar-refractivity contribution in [2.24, 2.45) is 0 Å². The first kappa shape index (κ1) is 12.0. The summed E-state index contributed by atoms with van der Waals surface area (Å²) in [4.78, 5) is 4.02. The summed E-state index contributed by atoms with van der Waals surface area (Å²) < 4.78 is 5.06. The lowest BCUT2D eigenvalue weighted by atomic mass is 10.4. The van der Waals surface area contributed by atoms with E-state index in [1.165, 1.54) is 6.20 Å². The first-order valence-corrected chi connectivity index (χ1v) is 4.95. The fourth-order valence-corrected chi connectivity index (χ4v) is 1.23. The van der Waals surface area contributed by atoms with Crippen molar-refractivity contribution in [1.29, 1.82) is 0 Å². The molecule has 0 saturated heterocycles. The number of nitrogen functional groups attached to an aromatic ring is 1. The SMILES string of the molecule is Nc1cnc(NCCOCCO)c(Cl)c1. The van der Waals surface area contributed by atoms with Crippen molar-refractivity contribution >= 4 is 23.1 Å². The molecule has 15 heavy (non-hydrogen) atoms. The number of rotatable bonds is 6. The van der Waals surface area contributed by atoms with Crippen molar-refractivity contribution in [1.82, 2.24) is 4.98 Å². The Labute approximate surface area is 93.2 Å². The number of aromatic nitrogens is 1. The number of aliphatic hydroxyl groups is 1. The largest absolute Gasteiger partial charge is 0.397 e. The monoisotopic (exact) mass is 231 g/mol. The predicted octanol–water partition coefficient (Wildman–Crippen LogP) is 0.738. The van der Waals surface area contributed by atoms with Crippen LogP contribution >= 0.6 is 11.6 Å². The van der Waals surface area contributed by atoms with Crippen molar-refractivity contribution in [3.63, 3.8) is 0 Å². The van der Waals surface area contributed by atoms with Crippen LogP contribution in [-0.4, -0.2) is 36.5 Å². The highest BCUT2D eigenvalue weighted by molar-refractivity contribution is 6.33. The average molecular weight is 232 g/mol. The van der Waals surface area contributed by atoms with Crippen LogP contribution in [0.25, 0.3) is 0 Å². The van der Waals surface area contributed by atoms with Crippen molar-refractivity contribution < 1.29 is 9.84 Å². The summed E-state index contributed by atoms with van der Waals surface area (Å²) in [6.07, 6.45) is 1.53. The van der Waals surface area contributed by atoms with Gasteiger partial charge in [-0.1, -0.05) is 11.6 Å². The molecule has 1 aromatic rings. The second-order valence-electron chi connectivity index (χ2n) is 2.86. The van der Waals surface area contributed by atoms with E-state index in [2.05, 4.69) is 10.3 Å². The topological polar surface area (TPSA) is 80.4 Å². The number of pyridine rings is 1. The Bertz CT molecular complexity index is 309. The van der Waals surface area contributed by atoms with E-state index in [4.69, 9.17) is 27.2 Å². The maximum Gasteiger partial charge on any atom is 0.144 e. The van der Waals surface area contributed by atoms with Gasteiger partial charge >= 0.3 is 0 Å². The first-order chi connectivity index (χ1) is 7.24. The van der Waals surface area contributed by atoms with Gasteiger partial charge in [0.25, 0.3) is 0 Å². The van der Waals surface area contributed by atoms with Gasteiger partial charge in [0.1, 0.15) is 5.82 Å². The van der Waals surface area contributed by atoms with Crippen LogP contribution in [0.1, 0.15) is 0 Å². The number of anilines is 2. The number of hydrogen-bond acceptors (Lipinski definition) is 5. The van der Waals surface area contributed by atoms with E-state index in [0.717, 1.165) is 0 Å². The van der Waals surface area contributed by atoms with Crippen LogP contribution in [0.4, 0.5) is 11.5 Å². The molecule has 0 bridgehead atoms. The molecule has 1 rings (SSSR count). The molecular weight excluding hydrogens is 218 g/mol. The maximum absolute atomic E-state index is 8.46. The third kappa shape index (κ3) is 4.33. The fraction of sp³-hybridized carbons (Fsp3) is 0.444. The molecule has 0 saturated carbocycles. The van der Waals surface area contributed by atoms with Crippen molar-refractivity contribution in [2.45, 2.75) is 0 Å². The molecule has 0 aromatic carbocycles. The van der Waals surface area contributed by atoms with Crippen molar-refractivity contribution in [3.05, 3.63) is 17.3 Å². The number of nitrogens with one attached hydrogen (secondary N) is 1. The van der Waals surface area contributed by atoms with Crippen molar-refractivity contribution in [2.75, 3.05) is 37.4 Å². The van der Waals surface area contributed by atoms with Gasteiger partial charge in [-0.25, -0.2) is 4.98 Å². The van der Waals surface area contributed by atoms with E-state index in [1.807, 2.05) is 0 Å². The van der Waals surface area contributed by atoms with Crippen LogP contribution in [0.5, 0.6) is 0 Å².